The third-order valence-electron chi connectivity index (χ3n) is 4.61. The number of amides is 1. The van der Waals surface area contributed by atoms with Crippen LogP contribution in [0.4, 0.5) is 5.69 Å². The molecule has 0 radical (unpaired) electrons. The van der Waals surface area contributed by atoms with Crippen molar-refractivity contribution in [3.05, 3.63) is 59.2 Å². The van der Waals surface area contributed by atoms with Gasteiger partial charge in [0.05, 0.1) is 48.8 Å². The van der Waals surface area contributed by atoms with Gasteiger partial charge in [-0.2, -0.15) is 0 Å². The van der Waals surface area contributed by atoms with Crippen molar-refractivity contribution in [2.45, 2.75) is 11.9 Å². The minimum atomic E-state index is -0.633. The molecule has 1 heterocycles. The smallest absolute Gasteiger partial charge is 0.337 e. The van der Waals surface area contributed by atoms with Crippen LogP contribution in [0.5, 0.6) is 5.75 Å². The number of esters is 2. The van der Waals surface area contributed by atoms with Gasteiger partial charge in [-0.25, -0.2) is 14.6 Å². The van der Waals surface area contributed by atoms with Crippen molar-refractivity contribution in [3.63, 3.8) is 0 Å². The van der Waals surface area contributed by atoms with E-state index in [1.54, 1.807) is 7.11 Å². The van der Waals surface area contributed by atoms with E-state index in [9.17, 15) is 14.4 Å². The third-order valence-corrected chi connectivity index (χ3v) is 5.52. The predicted octanol–water partition coefficient (Wildman–Crippen LogP) is 3.86. The lowest BCUT2D eigenvalue weighted by atomic mass is 10.1. The molecule has 0 aliphatic heterocycles. The SMILES string of the molecule is COC(=O)c1cc(NC(=O)CSc2cc(C)c3ccc(OC)cc3n2)cc(C(=O)OC)c1. The molecule has 0 bridgehead atoms. The zero-order valence-corrected chi connectivity index (χ0v) is 18.9. The van der Waals surface area contributed by atoms with Gasteiger partial charge in [-0.05, 0) is 48.9 Å². The van der Waals surface area contributed by atoms with Gasteiger partial charge in [-0.1, -0.05) is 11.8 Å². The Bertz CT molecular complexity index is 1160. The number of carbonyl (C=O) groups excluding carboxylic acids is 3. The van der Waals surface area contributed by atoms with Crippen LogP contribution in [0, 0.1) is 6.92 Å². The number of thioether (sulfide) groups is 1. The maximum absolute atomic E-state index is 12.5. The molecule has 0 aliphatic carbocycles. The number of benzene rings is 2. The van der Waals surface area contributed by atoms with Crippen LogP contribution < -0.4 is 10.1 Å². The summed E-state index contributed by atoms with van der Waals surface area (Å²) in [6.07, 6.45) is 0. The number of aryl methyl sites for hydroxylation is 1. The average molecular weight is 455 g/mol. The van der Waals surface area contributed by atoms with E-state index in [2.05, 4.69) is 10.3 Å². The van der Waals surface area contributed by atoms with Crippen LogP contribution >= 0.6 is 11.8 Å². The summed E-state index contributed by atoms with van der Waals surface area (Å²) in [5, 5.41) is 4.40. The highest BCUT2D eigenvalue weighted by molar-refractivity contribution is 7.99. The summed E-state index contributed by atoms with van der Waals surface area (Å²) in [6, 6.07) is 11.8. The normalized spacial score (nSPS) is 10.5. The molecule has 0 spiro atoms. The van der Waals surface area contributed by atoms with Crippen molar-refractivity contribution < 1.29 is 28.6 Å². The minimum absolute atomic E-state index is 0.0813. The van der Waals surface area contributed by atoms with Gasteiger partial charge in [-0.3, -0.25) is 4.79 Å². The number of methoxy groups -OCH3 is 3. The molecule has 2 aromatic carbocycles. The highest BCUT2D eigenvalue weighted by atomic mass is 32.2. The van der Waals surface area contributed by atoms with Gasteiger partial charge in [0.15, 0.2) is 0 Å². The van der Waals surface area contributed by atoms with E-state index in [0.29, 0.717) is 10.8 Å². The molecule has 3 aromatic rings. The van der Waals surface area contributed by atoms with E-state index in [0.717, 1.165) is 16.5 Å². The van der Waals surface area contributed by atoms with Crippen molar-refractivity contribution in [2.24, 2.45) is 0 Å². The molecular weight excluding hydrogens is 432 g/mol. The molecule has 0 atom stereocenters. The Labute approximate surface area is 189 Å². The molecule has 9 heteroatoms. The summed E-state index contributed by atoms with van der Waals surface area (Å²) in [5.74, 6) is -0.800. The number of nitrogens with one attached hydrogen (secondary N) is 1. The van der Waals surface area contributed by atoms with E-state index in [-0.39, 0.29) is 28.5 Å². The molecule has 32 heavy (non-hydrogen) atoms. The van der Waals surface area contributed by atoms with Gasteiger partial charge >= 0.3 is 11.9 Å². The van der Waals surface area contributed by atoms with Crippen LogP contribution in [0.3, 0.4) is 0 Å². The summed E-state index contributed by atoms with van der Waals surface area (Å²) >= 11 is 1.27. The number of pyridine rings is 1. The molecule has 0 saturated heterocycles. The lowest BCUT2D eigenvalue weighted by Gasteiger charge is -2.10. The van der Waals surface area contributed by atoms with Gasteiger partial charge in [0.2, 0.25) is 5.91 Å². The standard InChI is InChI=1S/C23H22N2O6S/c1-13-7-21(25-19-11-17(29-2)5-6-18(13)19)32-12-20(26)24-16-9-14(22(27)30-3)8-15(10-16)23(28)31-4/h5-11H,12H2,1-4H3,(H,24,26). The summed E-state index contributed by atoms with van der Waals surface area (Å²) in [5.41, 5.74) is 2.35. The minimum Gasteiger partial charge on any atom is -0.497 e. The fraction of sp³-hybridized carbons (Fsp3) is 0.217. The van der Waals surface area contributed by atoms with Crippen LogP contribution in [-0.4, -0.2) is 49.9 Å². The second-order valence-electron chi connectivity index (χ2n) is 6.78. The predicted molar refractivity (Wildman–Crippen MR) is 122 cm³/mol. The highest BCUT2D eigenvalue weighted by Crippen LogP contribution is 2.27. The van der Waals surface area contributed by atoms with Crippen molar-refractivity contribution in [1.82, 2.24) is 4.98 Å². The third kappa shape index (κ3) is 5.36. The van der Waals surface area contributed by atoms with Crippen molar-refractivity contribution in [2.75, 3.05) is 32.4 Å². The average Bonchev–Trinajstić information content (AvgIpc) is 2.80. The number of aromatic nitrogens is 1. The van der Waals surface area contributed by atoms with Crippen LogP contribution in [0.2, 0.25) is 0 Å². The molecule has 0 unspecified atom stereocenters. The zero-order chi connectivity index (χ0) is 23.3. The summed E-state index contributed by atoms with van der Waals surface area (Å²) in [6.45, 7) is 1.98. The maximum atomic E-state index is 12.5. The summed E-state index contributed by atoms with van der Waals surface area (Å²) < 4.78 is 14.7. The van der Waals surface area contributed by atoms with E-state index >= 15 is 0 Å². The van der Waals surface area contributed by atoms with Gasteiger partial charge in [0.25, 0.3) is 0 Å². The van der Waals surface area contributed by atoms with Gasteiger partial charge < -0.3 is 19.5 Å². The van der Waals surface area contributed by atoms with E-state index in [1.807, 2.05) is 31.2 Å². The largest absolute Gasteiger partial charge is 0.497 e. The number of ether oxygens (including phenoxy) is 3. The molecule has 1 amide bonds. The summed E-state index contributed by atoms with van der Waals surface area (Å²) in [4.78, 5) is 40.9. The maximum Gasteiger partial charge on any atom is 0.337 e. The number of rotatable bonds is 7. The highest BCUT2D eigenvalue weighted by Gasteiger charge is 2.15. The number of hydrogen-bond donors (Lipinski definition) is 1. The Morgan fingerprint density at radius 2 is 1.59 bits per heavy atom. The first-order chi connectivity index (χ1) is 15.3. The number of nitrogens with zero attached hydrogens (tertiary/aromatic N) is 1. The number of fused-ring (bicyclic) bond motifs is 1. The summed E-state index contributed by atoms with van der Waals surface area (Å²) in [7, 11) is 4.06. The van der Waals surface area contributed by atoms with Crippen LogP contribution in [0.15, 0.2) is 47.5 Å². The Morgan fingerprint density at radius 1 is 0.938 bits per heavy atom. The molecular formula is C23H22N2O6S. The van der Waals surface area contributed by atoms with Crippen molar-refractivity contribution in [1.29, 1.82) is 0 Å². The van der Waals surface area contributed by atoms with E-state index < -0.39 is 11.9 Å². The first kappa shape index (κ1) is 23.1. The zero-order valence-electron chi connectivity index (χ0n) is 18.1. The van der Waals surface area contributed by atoms with E-state index in [4.69, 9.17) is 14.2 Å². The number of anilines is 1. The van der Waals surface area contributed by atoms with Crippen LogP contribution in [-0.2, 0) is 14.3 Å². The molecule has 8 nitrogen and oxygen atoms in total. The molecule has 166 valence electrons. The second kappa shape index (κ2) is 10.1. The fourth-order valence-corrected chi connectivity index (χ4v) is 3.83. The van der Waals surface area contributed by atoms with Crippen LogP contribution in [0.25, 0.3) is 10.9 Å². The topological polar surface area (TPSA) is 104 Å². The first-order valence-electron chi connectivity index (χ1n) is 9.54. The Morgan fingerprint density at radius 3 is 2.19 bits per heavy atom. The Kier molecular flexibility index (Phi) is 7.32. The molecule has 0 fully saturated rings. The lowest BCUT2D eigenvalue weighted by Crippen LogP contribution is -2.16. The molecule has 0 aliphatic rings. The number of carbonyl (C=O) groups is 3. The molecule has 3 rings (SSSR count). The second-order valence-corrected chi connectivity index (χ2v) is 7.78. The quantitative estimate of drug-likeness (QED) is 0.424. The van der Waals surface area contributed by atoms with Crippen molar-refractivity contribution in [3.8, 4) is 5.75 Å². The number of hydrogen-bond acceptors (Lipinski definition) is 8. The van der Waals surface area contributed by atoms with Gasteiger partial charge in [0.1, 0.15) is 5.75 Å². The van der Waals surface area contributed by atoms with E-state index in [1.165, 1.54) is 44.2 Å². The van der Waals surface area contributed by atoms with Crippen molar-refractivity contribution >= 4 is 46.2 Å². The van der Waals surface area contributed by atoms with Gasteiger partial charge in [0, 0.05) is 17.1 Å². The molecule has 1 aromatic heterocycles. The lowest BCUT2D eigenvalue weighted by molar-refractivity contribution is -0.113. The molecule has 0 saturated carbocycles. The monoisotopic (exact) mass is 454 g/mol. The van der Waals surface area contributed by atoms with Gasteiger partial charge in [-0.15, -0.1) is 0 Å². The fourth-order valence-electron chi connectivity index (χ4n) is 3.06. The first-order valence-corrected chi connectivity index (χ1v) is 10.5. The van der Waals surface area contributed by atoms with Crippen LogP contribution in [0.1, 0.15) is 26.3 Å². The Hall–Kier alpha value is -3.59. The Balaban J connectivity index is 1.76. The molecule has 1 N–H and O–H groups in total.